The van der Waals surface area contributed by atoms with E-state index in [-0.39, 0.29) is 5.91 Å². The van der Waals surface area contributed by atoms with Gasteiger partial charge >= 0.3 is 0 Å². The topological polar surface area (TPSA) is 41.9 Å². The van der Waals surface area contributed by atoms with Crippen LogP contribution in [0.5, 0.6) is 5.75 Å². The highest BCUT2D eigenvalue weighted by atomic mass is 32.2. The Labute approximate surface area is 164 Å². The molecule has 1 amide bonds. The lowest BCUT2D eigenvalue weighted by Crippen LogP contribution is -2.28. The summed E-state index contributed by atoms with van der Waals surface area (Å²) in [7, 11) is 0. The zero-order valence-corrected chi connectivity index (χ0v) is 16.8. The molecule has 2 aromatic carbocycles. The van der Waals surface area contributed by atoms with E-state index in [1.807, 2.05) is 44.2 Å². The van der Waals surface area contributed by atoms with E-state index in [1.54, 1.807) is 4.90 Å². The number of carbonyl (C=O) groups excluding carboxylic acids is 1. The lowest BCUT2D eigenvalue weighted by Gasteiger charge is -2.11. The highest BCUT2D eigenvalue weighted by Crippen LogP contribution is 2.34. The lowest BCUT2D eigenvalue weighted by molar-refractivity contribution is -0.122. The Balaban J connectivity index is 1.81. The predicted molar refractivity (Wildman–Crippen MR) is 113 cm³/mol. The average molecular weight is 381 g/mol. The number of carbonyl (C=O) groups is 1. The van der Waals surface area contributed by atoms with Gasteiger partial charge in [0.15, 0.2) is 5.17 Å². The number of nitrogens with zero attached hydrogens (tertiary/aromatic N) is 2. The molecule has 1 saturated heterocycles. The number of hydrogen-bond donors (Lipinski definition) is 0. The van der Waals surface area contributed by atoms with Gasteiger partial charge in [-0.1, -0.05) is 48.0 Å². The molecule has 0 radical (unpaired) electrons. The highest BCUT2D eigenvalue weighted by Gasteiger charge is 2.31. The van der Waals surface area contributed by atoms with Gasteiger partial charge in [-0.2, -0.15) is 0 Å². The number of ether oxygens (including phenoxy) is 1. The second kappa shape index (κ2) is 8.91. The minimum Gasteiger partial charge on any atom is -0.488 e. The van der Waals surface area contributed by atoms with Gasteiger partial charge in [0.25, 0.3) is 5.91 Å². The number of para-hydroxylation sites is 1. The van der Waals surface area contributed by atoms with Crippen molar-refractivity contribution in [1.29, 1.82) is 0 Å². The molecule has 1 aliphatic rings. The van der Waals surface area contributed by atoms with Crippen molar-refractivity contribution in [2.24, 2.45) is 4.99 Å². The van der Waals surface area contributed by atoms with Gasteiger partial charge in [-0.05, 0) is 50.2 Å². The van der Waals surface area contributed by atoms with E-state index in [4.69, 9.17) is 4.74 Å². The largest absolute Gasteiger partial charge is 0.488 e. The van der Waals surface area contributed by atoms with Crippen molar-refractivity contribution < 1.29 is 9.53 Å². The molecular formula is C22H24N2O2S. The van der Waals surface area contributed by atoms with E-state index in [1.165, 1.54) is 17.3 Å². The van der Waals surface area contributed by atoms with Gasteiger partial charge in [-0.15, -0.1) is 0 Å². The van der Waals surface area contributed by atoms with Crippen LogP contribution in [-0.2, 0) is 11.4 Å². The molecule has 0 N–H and O–H groups in total. The molecular weight excluding hydrogens is 356 g/mol. The van der Waals surface area contributed by atoms with Crippen LogP contribution in [0.25, 0.3) is 6.08 Å². The second-order valence-corrected chi connectivity index (χ2v) is 7.24. The maximum Gasteiger partial charge on any atom is 0.266 e. The van der Waals surface area contributed by atoms with Crippen molar-refractivity contribution in [1.82, 2.24) is 4.90 Å². The van der Waals surface area contributed by atoms with E-state index >= 15 is 0 Å². The molecule has 0 aliphatic carbocycles. The normalized spacial score (nSPS) is 17.1. The Morgan fingerprint density at radius 3 is 2.56 bits per heavy atom. The first-order valence-corrected chi connectivity index (χ1v) is 9.97. The molecule has 0 atom stereocenters. The fraction of sp³-hybridized carbons (Fsp3) is 0.273. The third-order valence-electron chi connectivity index (χ3n) is 4.22. The first kappa shape index (κ1) is 19.2. The number of aliphatic imine (C=N–C) groups is 1. The Kier molecular flexibility index (Phi) is 6.35. The minimum absolute atomic E-state index is 0.00281. The fourth-order valence-electron chi connectivity index (χ4n) is 2.76. The van der Waals surface area contributed by atoms with E-state index in [9.17, 15) is 4.79 Å². The monoisotopic (exact) mass is 380 g/mol. The van der Waals surface area contributed by atoms with E-state index in [2.05, 4.69) is 36.2 Å². The fourth-order valence-corrected chi connectivity index (χ4v) is 3.85. The molecule has 4 nitrogen and oxygen atoms in total. The van der Waals surface area contributed by atoms with Gasteiger partial charge in [-0.3, -0.25) is 14.7 Å². The number of thioether (sulfide) groups is 1. The zero-order chi connectivity index (χ0) is 19.2. The van der Waals surface area contributed by atoms with E-state index < -0.39 is 0 Å². The molecule has 0 unspecified atom stereocenters. The third-order valence-corrected chi connectivity index (χ3v) is 5.26. The quantitative estimate of drug-likeness (QED) is 0.670. The predicted octanol–water partition coefficient (Wildman–Crippen LogP) is 4.89. The van der Waals surface area contributed by atoms with Crippen LogP contribution in [0.4, 0.5) is 0 Å². The zero-order valence-electron chi connectivity index (χ0n) is 15.9. The van der Waals surface area contributed by atoms with Gasteiger partial charge in [0.2, 0.25) is 0 Å². The summed E-state index contributed by atoms with van der Waals surface area (Å²) < 4.78 is 6.03. The molecule has 3 rings (SSSR count). The molecule has 27 heavy (non-hydrogen) atoms. The molecule has 0 saturated carbocycles. The van der Waals surface area contributed by atoms with Crippen LogP contribution in [-0.4, -0.2) is 29.1 Å². The van der Waals surface area contributed by atoms with Crippen LogP contribution in [0, 0.1) is 6.92 Å². The molecule has 140 valence electrons. The maximum atomic E-state index is 12.7. The van der Waals surface area contributed by atoms with Crippen molar-refractivity contribution in [3.05, 3.63) is 70.1 Å². The Hall–Kier alpha value is -2.53. The van der Waals surface area contributed by atoms with Crippen molar-refractivity contribution in [2.75, 3.05) is 13.1 Å². The van der Waals surface area contributed by atoms with Crippen LogP contribution in [0.15, 0.2) is 58.4 Å². The highest BCUT2D eigenvalue weighted by molar-refractivity contribution is 8.18. The summed E-state index contributed by atoms with van der Waals surface area (Å²) >= 11 is 1.43. The van der Waals surface area contributed by atoms with Gasteiger partial charge in [0.1, 0.15) is 12.4 Å². The lowest BCUT2D eigenvalue weighted by atomic mass is 10.1. The van der Waals surface area contributed by atoms with Crippen molar-refractivity contribution in [3.8, 4) is 5.75 Å². The first-order valence-electron chi connectivity index (χ1n) is 9.15. The van der Waals surface area contributed by atoms with Gasteiger partial charge in [0.05, 0.1) is 4.91 Å². The van der Waals surface area contributed by atoms with Crippen LogP contribution in [0.2, 0.25) is 0 Å². The molecule has 1 fully saturated rings. The first-order chi connectivity index (χ1) is 13.1. The Bertz CT molecular complexity index is 872. The van der Waals surface area contributed by atoms with Gasteiger partial charge in [-0.25, -0.2) is 0 Å². The SMILES string of the molecule is CCN=C1S/C(=C\c2ccccc2OCc2ccc(C)cc2)C(=O)N1CC. The standard InChI is InChI=1S/C22H24N2O2S/c1-4-23-22-24(5-2)21(25)20(27-22)14-18-8-6-7-9-19(18)26-15-17-12-10-16(3)11-13-17/h6-14H,4-5,15H2,1-3H3/b20-14-,23-22?. The number of amidine groups is 1. The smallest absolute Gasteiger partial charge is 0.266 e. The minimum atomic E-state index is 0.00281. The van der Waals surface area contributed by atoms with Crippen molar-refractivity contribution in [2.45, 2.75) is 27.4 Å². The van der Waals surface area contributed by atoms with Crippen LogP contribution >= 0.6 is 11.8 Å². The average Bonchev–Trinajstić information content (AvgIpc) is 2.97. The molecule has 2 aromatic rings. The molecule has 0 spiro atoms. The summed E-state index contributed by atoms with van der Waals surface area (Å²) in [6, 6.07) is 16.1. The third kappa shape index (κ3) is 4.61. The summed E-state index contributed by atoms with van der Waals surface area (Å²) in [5.41, 5.74) is 3.24. The number of hydrogen-bond acceptors (Lipinski definition) is 4. The van der Waals surface area contributed by atoms with Crippen LogP contribution in [0.3, 0.4) is 0 Å². The number of benzene rings is 2. The molecule has 0 bridgehead atoms. The molecule has 1 heterocycles. The van der Waals surface area contributed by atoms with Gasteiger partial charge < -0.3 is 4.74 Å². The summed E-state index contributed by atoms with van der Waals surface area (Å²) in [6.45, 7) is 7.78. The molecule has 1 aliphatic heterocycles. The summed E-state index contributed by atoms with van der Waals surface area (Å²) in [5, 5.41) is 0.773. The number of likely N-dealkylation sites (N-methyl/N-ethyl adjacent to an activating group) is 1. The summed E-state index contributed by atoms with van der Waals surface area (Å²) in [6.07, 6.45) is 1.90. The van der Waals surface area contributed by atoms with Crippen LogP contribution < -0.4 is 4.74 Å². The maximum absolute atomic E-state index is 12.7. The number of aryl methyl sites for hydroxylation is 1. The summed E-state index contributed by atoms with van der Waals surface area (Å²) in [5.74, 6) is 0.769. The van der Waals surface area contributed by atoms with Crippen LogP contribution in [0.1, 0.15) is 30.5 Å². The Morgan fingerprint density at radius 2 is 1.85 bits per heavy atom. The second-order valence-electron chi connectivity index (χ2n) is 6.23. The van der Waals surface area contributed by atoms with Crippen molar-refractivity contribution >= 4 is 28.9 Å². The van der Waals surface area contributed by atoms with E-state index in [0.717, 1.165) is 22.0 Å². The molecule has 5 heteroatoms. The number of amides is 1. The number of rotatable bonds is 6. The molecule has 0 aromatic heterocycles. The summed E-state index contributed by atoms with van der Waals surface area (Å²) in [4.78, 5) is 19.5. The van der Waals surface area contributed by atoms with Gasteiger partial charge in [0, 0.05) is 18.7 Å². The Morgan fingerprint density at radius 1 is 1.11 bits per heavy atom. The van der Waals surface area contributed by atoms with Crippen molar-refractivity contribution in [3.63, 3.8) is 0 Å². The van der Waals surface area contributed by atoms with E-state index in [0.29, 0.717) is 24.6 Å².